The van der Waals surface area contributed by atoms with Crippen molar-refractivity contribution in [3.8, 4) is 0 Å². The van der Waals surface area contributed by atoms with Crippen molar-refractivity contribution in [2.75, 3.05) is 41.7 Å². The fourth-order valence-electron chi connectivity index (χ4n) is 3.55. The van der Waals surface area contributed by atoms with E-state index in [-0.39, 0.29) is 18.6 Å². The number of rotatable bonds is 8. The predicted octanol–water partition coefficient (Wildman–Crippen LogP) is 4.24. The molecule has 2 fully saturated rings. The molecule has 3 rings (SSSR count). The number of anilines is 2. The van der Waals surface area contributed by atoms with Crippen molar-refractivity contribution in [2.24, 2.45) is 5.11 Å². The lowest BCUT2D eigenvalue weighted by atomic mass is 9.95. The topological polar surface area (TPSA) is 117 Å². The van der Waals surface area contributed by atoms with Crippen molar-refractivity contribution in [1.29, 1.82) is 0 Å². The largest absolute Gasteiger partial charge is 0.371 e. The van der Waals surface area contributed by atoms with Gasteiger partial charge in [-0.3, -0.25) is 4.72 Å². The fourth-order valence-corrected chi connectivity index (χ4v) is 4.45. The summed E-state index contributed by atoms with van der Waals surface area (Å²) in [6.45, 7) is 3.14. The lowest BCUT2D eigenvalue weighted by Crippen LogP contribution is -2.40. The quantitative estimate of drug-likeness (QED) is 0.368. The molecule has 0 radical (unpaired) electrons. The lowest BCUT2D eigenvalue weighted by Gasteiger charge is -2.36. The molecule has 1 aromatic carbocycles. The molecule has 2 heterocycles. The normalized spacial score (nSPS) is 21.7. The van der Waals surface area contributed by atoms with Crippen LogP contribution in [0.5, 0.6) is 0 Å². The zero-order valence-electron chi connectivity index (χ0n) is 17.1. The number of hydrogen-bond donors (Lipinski definition) is 1. The Hall–Kier alpha value is -2.07. The van der Waals surface area contributed by atoms with Crippen LogP contribution in [0.3, 0.4) is 0 Å². The number of azide groups is 1. The van der Waals surface area contributed by atoms with Crippen LogP contribution in [-0.2, 0) is 19.5 Å². The van der Waals surface area contributed by atoms with E-state index in [0.717, 1.165) is 19.3 Å². The van der Waals surface area contributed by atoms with E-state index < -0.39 is 15.7 Å². The zero-order valence-corrected chi connectivity index (χ0v) is 17.9. The van der Waals surface area contributed by atoms with Gasteiger partial charge in [0.2, 0.25) is 10.0 Å². The summed E-state index contributed by atoms with van der Waals surface area (Å²) < 4.78 is 52.5. The number of halogens is 1. The summed E-state index contributed by atoms with van der Waals surface area (Å²) in [5.74, 6) is -0.204. The third-order valence-corrected chi connectivity index (χ3v) is 6.59. The summed E-state index contributed by atoms with van der Waals surface area (Å²) >= 11 is 0. The van der Waals surface area contributed by atoms with Crippen LogP contribution < -0.4 is 9.62 Å². The molecule has 9 nitrogen and oxygen atoms in total. The van der Waals surface area contributed by atoms with E-state index in [1.54, 1.807) is 25.1 Å². The van der Waals surface area contributed by atoms with Crippen molar-refractivity contribution in [3.05, 3.63) is 28.6 Å². The first-order valence-corrected chi connectivity index (χ1v) is 11.8. The van der Waals surface area contributed by atoms with E-state index >= 15 is 0 Å². The molecule has 2 aliphatic heterocycles. The molecule has 0 aliphatic carbocycles. The molecule has 1 aromatic rings. The van der Waals surface area contributed by atoms with Gasteiger partial charge in [-0.2, -0.15) is 0 Å². The highest BCUT2D eigenvalue weighted by atomic mass is 32.2. The minimum absolute atomic E-state index is 0.0326. The van der Waals surface area contributed by atoms with E-state index in [0.29, 0.717) is 49.6 Å². The minimum Gasteiger partial charge on any atom is -0.371 e. The Bertz CT molecular complexity index is 873. The standard InChI is InChI=1S/C19H28FN5O4S/c1-19(20)7-9-25(10-8-19)17-14-15(5-6-16(17)22-24-21)23-30(26,27)13-12-29-18-4-2-3-11-28-18/h5-6,14,18,23H,2-4,7-13H2,1H3. The van der Waals surface area contributed by atoms with Crippen molar-refractivity contribution >= 4 is 27.1 Å². The highest BCUT2D eigenvalue weighted by Gasteiger charge is 2.30. The lowest BCUT2D eigenvalue weighted by molar-refractivity contribution is -0.158. The molecule has 2 saturated heterocycles. The molecule has 1 atom stereocenters. The van der Waals surface area contributed by atoms with Gasteiger partial charge in [-0.25, -0.2) is 12.8 Å². The molecular formula is C19H28FN5O4S. The second-order valence-electron chi connectivity index (χ2n) is 7.88. The van der Waals surface area contributed by atoms with Crippen LogP contribution in [0.1, 0.15) is 39.0 Å². The number of benzene rings is 1. The van der Waals surface area contributed by atoms with Crippen LogP contribution in [0.15, 0.2) is 23.3 Å². The average Bonchev–Trinajstić information content (AvgIpc) is 2.70. The zero-order chi connectivity index (χ0) is 21.6. The number of sulfonamides is 1. The number of nitrogens with zero attached hydrogens (tertiary/aromatic N) is 4. The van der Waals surface area contributed by atoms with Crippen LogP contribution in [0.25, 0.3) is 10.4 Å². The van der Waals surface area contributed by atoms with Gasteiger partial charge in [-0.1, -0.05) is 5.11 Å². The van der Waals surface area contributed by atoms with Gasteiger partial charge in [0.25, 0.3) is 0 Å². The highest BCUT2D eigenvalue weighted by molar-refractivity contribution is 7.92. The smallest absolute Gasteiger partial charge is 0.235 e. The Kier molecular flexibility index (Phi) is 7.41. The first-order chi connectivity index (χ1) is 14.3. The second-order valence-corrected chi connectivity index (χ2v) is 9.72. The maximum Gasteiger partial charge on any atom is 0.235 e. The Morgan fingerprint density at radius 2 is 2.17 bits per heavy atom. The van der Waals surface area contributed by atoms with Crippen LogP contribution in [0, 0.1) is 0 Å². The van der Waals surface area contributed by atoms with Gasteiger partial charge in [0.15, 0.2) is 6.29 Å². The van der Waals surface area contributed by atoms with Crippen molar-refractivity contribution < 1.29 is 22.3 Å². The Morgan fingerprint density at radius 1 is 1.40 bits per heavy atom. The van der Waals surface area contributed by atoms with Crippen molar-refractivity contribution in [1.82, 2.24) is 0 Å². The van der Waals surface area contributed by atoms with Gasteiger partial charge in [0.1, 0.15) is 5.67 Å². The first kappa shape index (κ1) is 22.6. The monoisotopic (exact) mass is 441 g/mol. The molecule has 0 amide bonds. The minimum atomic E-state index is -3.64. The molecule has 1 N–H and O–H groups in total. The summed E-state index contributed by atoms with van der Waals surface area (Å²) in [5.41, 5.74) is 8.91. The third-order valence-electron chi connectivity index (χ3n) is 5.34. The SMILES string of the molecule is CC1(F)CCN(c2cc(NS(=O)(=O)CCOC3CCCCO3)ccc2N=[N+]=[N-])CC1. The van der Waals surface area contributed by atoms with E-state index in [4.69, 9.17) is 15.0 Å². The van der Waals surface area contributed by atoms with Crippen LogP contribution in [0.2, 0.25) is 0 Å². The highest BCUT2D eigenvalue weighted by Crippen LogP contribution is 2.36. The van der Waals surface area contributed by atoms with Gasteiger partial charge in [-0.05, 0) is 62.8 Å². The van der Waals surface area contributed by atoms with E-state index in [9.17, 15) is 12.8 Å². The van der Waals surface area contributed by atoms with Crippen LogP contribution in [-0.4, -0.2) is 52.4 Å². The van der Waals surface area contributed by atoms with Gasteiger partial charge in [0, 0.05) is 30.3 Å². The summed E-state index contributed by atoms with van der Waals surface area (Å²) in [6.07, 6.45) is 3.12. The van der Waals surface area contributed by atoms with Crippen molar-refractivity contribution in [2.45, 2.75) is 51.0 Å². The molecule has 11 heteroatoms. The molecule has 0 bridgehead atoms. The summed E-state index contributed by atoms with van der Waals surface area (Å²) in [7, 11) is -3.64. The van der Waals surface area contributed by atoms with Gasteiger partial charge in [0.05, 0.1) is 23.7 Å². The van der Waals surface area contributed by atoms with E-state index in [2.05, 4.69) is 14.7 Å². The number of ether oxygens (including phenoxy) is 2. The summed E-state index contributed by atoms with van der Waals surface area (Å²) in [4.78, 5) is 4.75. The van der Waals surface area contributed by atoms with Gasteiger partial charge < -0.3 is 14.4 Å². The Labute approximate surface area is 176 Å². The molecule has 0 saturated carbocycles. The van der Waals surface area contributed by atoms with Crippen LogP contribution in [0.4, 0.5) is 21.5 Å². The van der Waals surface area contributed by atoms with E-state index in [1.165, 1.54) is 0 Å². The van der Waals surface area contributed by atoms with Gasteiger partial charge >= 0.3 is 0 Å². The first-order valence-electron chi connectivity index (χ1n) is 10.1. The second kappa shape index (κ2) is 9.82. The molecule has 166 valence electrons. The van der Waals surface area contributed by atoms with Gasteiger partial charge in [-0.15, -0.1) is 0 Å². The summed E-state index contributed by atoms with van der Waals surface area (Å²) in [6, 6.07) is 4.72. The molecule has 0 spiro atoms. The number of nitrogens with one attached hydrogen (secondary N) is 1. The molecule has 2 aliphatic rings. The fraction of sp³-hybridized carbons (Fsp3) is 0.684. The maximum absolute atomic E-state index is 14.1. The number of hydrogen-bond acceptors (Lipinski definition) is 6. The van der Waals surface area contributed by atoms with E-state index in [1.807, 2.05) is 4.90 Å². The number of piperidine rings is 1. The Morgan fingerprint density at radius 3 is 2.83 bits per heavy atom. The predicted molar refractivity (Wildman–Crippen MR) is 113 cm³/mol. The molecule has 30 heavy (non-hydrogen) atoms. The van der Waals surface area contributed by atoms with Crippen molar-refractivity contribution in [3.63, 3.8) is 0 Å². The molecular weight excluding hydrogens is 413 g/mol. The average molecular weight is 442 g/mol. The third kappa shape index (κ3) is 6.46. The molecule has 0 aromatic heterocycles. The molecule has 1 unspecified atom stereocenters. The Balaban J connectivity index is 1.65. The maximum atomic E-state index is 14.1. The number of alkyl halides is 1. The van der Waals surface area contributed by atoms with Crippen LogP contribution >= 0.6 is 0 Å². The summed E-state index contributed by atoms with van der Waals surface area (Å²) in [5, 5.41) is 3.69.